The van der Waals surface area contributed by atoms with E-state index in [4.69, 9.17) is 5.11 Å². The molecule has 0 bridgehead atoms. The molecule has 1 aliphatic carbocycles. The van der Waals surface area contributed by atoms with Crippen LogP contribution in [0.2, 0.25) is 0 Å². The van der Waals surface area contributed by atoms with Gasteiger partial charge in [0.15, 0.2) is 0 Å². The summed E-state index contributed by atoms with van der Waals surface area (Å²) < 4.78 is 16.1. The van der Waals surface area contributed by atoms with Crippen molar-refractivity contribution >= 4 is 22.8 Å². The summed E-state index contributed by atoms with van der Waals surface area (Å²) in [6.07, 6.45) is 3.77. The summed E-state index contributed by atoms with van der Waals surface area (Å²) in [6, 6.07) is 12.1. The number of hydrogen-bond donors (Lipinski definition) is 2. The first kappa shape index (κ1) is 22.0. The van der Waals surface area contributed by atoms with Crippen LogP contribution in [0.1, 0.15) is 49.4 Å². The maximum Gasteiger partial charge on any atom is 0.303 e. The molecule has 1 saturated carbocycles. The van der Waals surface area contributed by atoms with Gasteiger partial charge in [-0.3, -0.25) is 14.3 Å². The monoisotopic (exact) mass is 437 g/mol. The molecule has 1 aliphatic rings. The number of aliphatic carboxylic acids is 1. The normalized spacial score (nSPS) is 19.6. The minimum Gasteiger partial charge on any atom is -0.481 e. The van der Waals surface area contributed by atoms with Crippen LogP contribution in [0, 0.1) is 17.7 Å². The molecule has 0 unspecified atom stereocenters. The van der Waals surface area contributed by atoms with Crippen LogP contribution in [0.25, 0.3) is 22.2 Å². The first-order valence-electron chi connectivity index (χ1n) is 11.1. The number of amides is 1. The molecule has 168 valence electrons. The molecular weight excluding hydrogens is 409 g/mol. The average Bonchev–Trinajstić information content (AvgIpc) is 3.12. The molecular formula is C25H28FN3O3. The summed E-state index contributed by atoms with van der Waals surface area (Å²) in [5.74, 6) is -0.648. The van der Waals surface area contributed by atoms with E-state index in [1.54, 1.807) is 42.1 Å². The van der Waals surface area contributed by atoms with Gasteiger partial charge in [0.05, 0.1) is 10.9 Å². The lowest BCUT2D eigenvalue weighted by atomic mass is 9.77. The molecule has 0 radical (unpaired) electrons. The SMILES string of the molecule is C[C@@H](CC(=O)O)C1CCC(NC(=O)c2ccc(-c3nn(C)c4cccc(F)c34)cc2)CC1. The first-order chi connectivity index (χ1) is 15.3. The minimum absolute atomic E-state index is 0.101. The van der Waals surface area contributed by atoms with Gasteiger partial charge < -0.3 is 10.4 Å². The smallest absolute Gasteiger partial charge is 0.303 e. The van der Waals surface area contributed by atoms with Gasteiger partial charge in [-0.2, -0.15) is 5.10 Å². The fraction of sp³-hybridized carbons (Fsp3) is 0.400. The highest BCUT2D eigenvalue weighted by Gasteiger charge is 2.27. The molecule has 32 heavy (non-hydrogen) atoms. The molecule has 1 fully saturated rings. The Morgan fingerprint density at radius 3 is 2.50 bits per heavy atom. The number of fused-ring (bicyclic) bond motifs is 1. The number of carboxylic acids is 1. The minimum atomic E-state index is -0.752. The van der Waals surface area contributed by atoms with Crippen molar-refractivity contribution < 1.29 is 19.1 Å². The lowest BCUT2D eigenvalue weighted by molar-refractivity contribution is -0.138. The molecule has 2 N–H and O–H groups in total. The Morgan fingerprint density at radius 2 is 1.84 bits per heavy atom. The van der Waals surface area contributed by atoms with Crippen LogP contribution in [0.3, 0.4) is 0 Å². The zero-order valence-electron chi connectivity index (χ0n) is 18.3. The number of nitrogens with one attached hydrogen (secondary N) is 1. The highest BCUT2D eigenvalue weighted by Crippen LogP contribution is 2.32. The highest BCUT2D eigenvalue weighted by atomic mass is 19.1. The second-order valence-electron chi connectivity index (χ2n) is 8.84. The van der Waals surface area contributed by atoms with Gasteiger partial charge in [-0.15, -0.1) is 0 Å². The molecule has 7 heteroatoms. The van der Waals surface area contributed by atoms with E-state index in [1.807, 2.05) is 13.0 Å². The topological polar surface area (TPSA) is 84.2 Å². The molecule has 2 aromatic carbocycles. The van der Waals surface area contributed by atoms with Crippen molar-refractivity contribution in [1.29, 1.82) is 0 Å². The third kappa shape index (κ3) is 4.52. The maximum atomic E-state index is 14.4. The third-order valence-electron chi connectivity index (χ3n) is 6.66. The van der Waals surface area contributed by atoms with E-state index in [1.165, 1.54) is 6.07 Å². The predicted octanol–water partition coefficient (Wildman–Crippen LogP) is 4.78. The molecule has 4 rings (SSSR count). The summed E-state index contributed by atoms with van der Waals surface area (Å²) in [5, 5.41) is 17.0. The summed E-state index contributed by atoms with van der Waals surface area (Å²) >= 11 is 0. The number of carbonyl (C=O) groups excluding carboxylic acids is 1. The number of aromatic nitrogens is 2. The fourth-order valence-corrected chi connectivity index (χ4v) is 4.80. The van der Waals surface area contributed by atoms with E-state index in [-0.39, 0.29) is 30.1 Å². The molecule has 1 amide bonds. The molecule has 0 saturated heterocycles. The van der Waals surface area contributed by atoms with Crippen LogP contribution in [-0.4, -0.2) is 32.8 Å². The van der Waals surface area contributed by atoms with E-state index in [9.17, 15) is 14.0 Å². The number of halogens is 1. The van der Waals surface area contributed by atoms with Crippen molar-refractivity contribution in [2.75, 3.05) is 0 Å². The summed E-state index contributed by atoms with van der Waals surface area (Å²) in [5.41, 5.74) is 2.58. The van der Waals surface area contributed by atoms with E-state index < -0.39 is 5.97 Å². The van der Waals surface area contributed by atoms with Crippen LogP contribution in [-0.2, 0) is 11.8 Å². The van der Waals surface area contributed by atoms with Crippen LogP contribution in [0.15, 0.2) is 42.5 Å². The second-order valence-corrected chi connectivity index (χ2v) is 8.84. The number of benzene rings is 2. The van der Waals surface area contributed by atoms with Crippen molar-refractivity contribution in [2.45, 2.75) is 45.1 Å². The highest BCUT2D eigenvalue weighted by molar-refractivity contribution is 5.97. The lowest BCUT2D eigenvalue weighted by Crippen LogP contribution is -2.38. The summed E-state index contributed by atoms with van der Waals surface area (Å²) in [6.45, 7) is 2.00. The number of nitrogens with zero attached hydrogens (tertiary/aromatic N) is 2. The van der Waals surface area contributed by atoms with Gasteiger partial charge in [0, 0.05) is 30.6 Å². The van der Waals surface area contributed by atoms with Crippen LogP contribution in [0.5, 0.6) is 0 Å². The van der Waals surface area contributed by atoms with E-state index in [0.717, 1.165) is 36.8 Å². The number of carbonyl (C=O) groups is 2. The van der Waals surface area contributed by atoms with Crippen molar-refractivity contribution in [2.24, 2.45) is 18.9 Å². The summed E-state index contributed by atoms with van der Waals surface area (Å²) in [7, 11) is 1.78. The second kappa shape index (κ2) is 9.10. The number of hydrogen-bond acceptors (Lipinski definition) is 3. The Kier molecular flexibility index (Phi) is 6.26. The average molecular weight is 438 g/mol. The lowest BCUT2D eigenvalue weighted by Gasteiger charge is -2.32. The Hall–Kier alpha value is -3.22. The molecule has 3 aromatic rings. The number of aryl methyl sites for hydroxylation is 1. The quantitative estimate of drug-likeness (QED) is 0.581. The Morgan fingerprint density at radius 1 is 1.16 bits per heavy atom. The summed E-state index contributed by atoms with van der Waals surface area (Å²) in [4.78, 5) is 23.7. The molecule has 1 atom stereocenters. The van der Waals surface area contributed by atoms with Gasteiger partial charge in [0.25, 0.3) is 5.91 Å². The van der Waals surface area contributed by atoms with E-state index in [2.05, 4.69) is 10.4 Å². The van der Waals surface area contributed by atoms with Gasteiger partial charge in [-0.05, 0) is 61.8 Å². The zero-order chi connectivity index (χ0) is 22.8. The van der Waals surface area contributed by atoms with Crippen LogP contribution < -0.4 is 5.32 Å². The zero-order valence-corrected chi connectivity index (χ0v) is 18.3. The molecule has 0 spiro atoms. The van der Waals surface area contributed by atoms with Gasteiger partial charge >= 0.3 is 5.97 Å². The molecule has 6 nitrogen and oxygen atoms in total. The molecule has 0 aliphatic heterocycles. The van der Waals surface area contributed by atoms with E-state index in [0.29, 0.717) is 22.6 Å². The predicted molar refractivity (Wildman–Crippen MR) is 121 cm³/mol. The van der Waals surface area contributed by atoms with Crippen molar-refractivity contribution in [3.8, 4) is 11.3 Å². The molecule has 1 aromatic heterocycles. The largest absolute Gasteiger partial charge is 0.481 e. The van der Waals surface area contributed by atoms with Crippen molar-refractivity contribution in [3.63, 3.8) is 0 Å². The number of rotatable bonds is 6. The standard InChI is InChI=1S/C25H28FN3O3/c1-15(14-22(30)31)16-10-12-19(13-11-16)27-25(32)18-8-6-17(7-9-18)24-23-20(26)4-3-5-21(23)29(2)28-24/h3-9,15-16,19H,10-14H2,1-2H3,(H,27,32)(H,30,31)/t15-,16?,19?/m0/s1. The Balaban J connectivity index is 1.40. The van der Waals surface area contributed by atoms with Crippen LogP contribution >= 0.6 is 0 Å². The van der Waals surface area contributed by atoms with Crippen molar-refractivity contribution in [3.05, 3.63) is 53.8 Å². The number of carboxylic acid groups (broad SMARTS) is 1. The molecule has 1 heterocycles. The third-order valence-corrected chi connectivity index (χ3v) is 6.66. The van der Waals surface area contributed by atoms with Gasteiger partial charge in [0.2, 0.25) is 0 Å². The van der Waals surface area contributed by atoms with Gasteiger partial charge in [-0.25, -0.2) is 4.39 Å². The Bertz CT molecular complexity index is 1130. The van der Waals surface area contributed by atoms with Gasteiger partial charge in [0.1, 0.15) is 11.5 Å². The van der Waals surface area contributed by atoms with Gasteiger partial charge in [-0.1, -0.05) is 25.1 Å². The maximum absolute atomic E-state index is 14.4. The Labute approximate surface area is 186 Å². The van der Waals surface area contributed by atoms with E-state index >= 15 is 0 Å². The van der Waals surface area contributed by atoms with Crippen LogP contribution in [0.4, 0.5) is 4.39 Å². The van der Waals surface area contributed by atoms with Crippen molar-refractivity contribution in [1.82, 2.24) is 15.1 Å². The first-order valence-corrected chi connectivity index (χ1v) is 11.1. The fourth-order valence-electron chi connectivity index (χ4n) is 4.80.